The number of hydrogen-bond acceptors (Lipinski definition) is 10. The highest BCUT2D eigenvalue weighted by molar-refractivity contribution is 7.15. The fraction of sp³-hybridized carbons (Fsp3) is 0.405. The molecule has 8 nitrogen and oxygen atoms in total. The predicted molar refractivity (Wildman–Crippen MR) is 194 cm³/mol. The summed E-state index contributed by atoms with van der Waals surface area (Å²) in [6.45, 7) is 12.5. The summed E-state index contributed by atoms with van der Waals surface area (Å²) in [5, 5.41) is 1.41. The van der Waals surface area contributed by atoms with E-state index in [1.165, 1.54) is 43.4 Å². The molecule has 4 N–H and O–H groups in total. The normalized spacial score (nSPS) is 20.3. The van der Waals surface area contributed by atoms with Gasteiger partial charge in [-0.1, -0.05) is 36.4 Å². The van der Waals surface area contributed by atoms with Gasteiger partial charge in [0.05, 0.1) is 11.4 Å². The van der Waals surface area contributed by atoms with E-state index in [2.05, 4.69) is 77.0 Å². The molecule has 6 heterocycles. The van der Waals surface area contributed by atoms with Crippen molar-refractivity contribution in [2.45, 2.75) is 58.2 Å². The zero-order valence-electron chi connectivity index (χ0n) is 27.5. The van der Waals surface area contributed by atoms with Gasteiger partial charge < -0.3 is 20.9 Å². The van der Waals surface area contributed by atoms with Gasteiger partial charge in [0.25, 0.3) is 0 Å². The summed E-state index contributed by atoms with van der Waals surface area (Å²) in [6.07, 6.45) is 8.78. The minimum atomic E-state index is -0.270. The molecule has 8 rings (SSSR count). The number of fused-ring (bicyclic) bond motifs is 4. The molecule has 0 fully saturated rings. The van der Waals surface area contributed by atoms with E-state index in [1.807, 2.05) is 24.3 Å². The maximum atomic E-state index is 6.25. The van der Waals surface area contributed by atoms with Gasteiger partial charge in [0, 0.05) is 73.0 Å². The van der Waals surface area contributed by atoms with E-state index >= 15 is 0 Å². The number of nitrogen functional groups attached to an aromatic ring is 2. The van der Waals surface area contributed by atoms with E-state index in [4.69, 9.17) is 20.9 Å². The Bertz CT molecular complexity index is 1760. The van der Waals surface area contributed by atoms with Crippen LogP contribution < -0.4 is 20.9 Å². The molecule has 0 saturated carbocycles. The molecule has 4 aliphatic rings. The molecule has 4 aliphatic heterocycles. The number of nitrogens with zero attached hydrogens (tertiary/aromatic N) is 4. The molecule has 2 aromatic carbocycles. The molecule has 2 aromatic heterocycles. The van der Waals surface area contributed by atoms with Gasteiger partial charge in [0.2, 0.25) is 0 Å². The minimum Gasteiger partial charge on any atom is -0.486 e. The molecule has 0 spiro atoms. The van der Waals surface area contributed by atoms with Crippen molar-refractivity contribution in [1.82, 2.24) is 19.8 Å². The summed E-state index contributed by atoms with van der Waals surface area (Å²) < 4.78 is 12.3. The van der Waals surface area contributed by atoms with E-state index in [0.29, 0.717) is 10.3 Å². The summed E-state index contributed by atoms with van der Waals surface area (Å²) in [6, 6.07) is 16.5. The van der Waals surface area contributed by atoms with Crippen LogP contribution in [0.15, 0.2) is 59.7 Å². The molecular formula is C37H44N6O2S2. The van der Waals surface area contributed by atoms with Gasteiger partial charge in [-0.3, -0.25) is 9.80 Å². The molecule has 246 valence electrons. The average molecular weight is 669 g/mol. The van der Waals surface area contributed by atoms with Gasteiger partial charge in [-0.05, 0) is 69.0 Å². The SMILES string of the molecule is CC1(C)Oc2ccccc2C=C1CN1CCc2nc(N)sc2CC1.CC1Oc2ccccc2C=C1CN1CCc2nc(N)sc2CC1. The summed E-state index contributed by atoms with van der Waals surface area (Å²) >= 11 is 3.29. The fourth-order valence-electron chi connectivity index (χ4n) is 6.77. The van der Waals surface area contributed by atoms with Crippen molar-refractivity contribution >= 4 is 45.1 Å². The lowest BCUT2D eigenvalue weighted by molar-refractivity contribution is 0.132. The molecule has 0 radical (unpaired) electrons. The van der Waals surface area contributed by atoms with Crippen molar-refractivity contribution in [3.05, 3.63) is 91.9 Å². The second kappa shape index (κ2) is 13.4. The van der Waals surface area contributed by atoms with Gasteiger partial charge in [-0.2, -0.15) is 0 Å². The lowest BCUT2D eigenvalue weighted by Gasteiger charge is -2.36. The molecular weight excluding hydrogens is 625 g/mol. The highest BCUT2D eigenvalue weighted by Gasteiger charge is 2.32. The van der Waals surface area contributed by atoms with Crippen LogP contribution in [-0.4, -0.2) is 70.7 Å². The Hall–Kier alpha value is -3.70. The van der Waals surface area contributed by atoms with E-state index in [1.54, 1.807) is 22.7 Å². The summed E-state index contributed by atoms with van der Waals surface area (Å²) in [4.78, 5) is 16.7. The van der Waals surface area contributed by atoms with Crippen molar-refractivity contribution < 1.29 is 9.47 Å². The van der Waals surface area contributed by atoms with Crippen LogP contribution in [-0.2, 0) is 25.7 Å². The standard InChI is InChI=1S/C19H23N3OS.C18H21N3OS/c1-19(2)14(11-13-5-3-4-6-16(13)23-19)12-22-9-7-15-17(8-10-22)24-18(20)21-15;1-12-14(10-13-4-2-3-5-16(13)22-12)11-21-8-6-15-17(7-9-21)23-18(19)20-15/h3-6,11H,7-10,12H2,1-2H3,(H2,20,21);2-5,10,12H,6-9,11H2,1H3,(H2,19,20). The topological polar surface area (TPSA) is 103 Å². The van der Waals surface area contributed by atoms with Crippen LogP contribution in [0.4, 0.5) is 10.3 Å². The van der Waals surface area contributed by atoms with Crippen molar-refractivity contribution in [3.8, 4) is 11.5 Å². The summed E-state index contributed by atoms with van der Waals surface area (Å²) in [5.74, 6) is 1.96. The van der Waals surface area contributed by atoms with Crippen LogP contribution in [0.5, 0.6) is 11.5 Å². The zero-order chi connectivity index (χ0) is 32.5. The van der Waals surface area contributed by atoms with Crippen LogP contribution in [0, 0.1) is 0 Å². The highest BCUT2D eigenvalue weighted by Crippen LogP contribution is 2.36. The summed E-state index contributed by atoms with van der Waals surface area (Å²) in [7, 11) is 0. The molecule has 0 saturated heterocycles. The Morgan fingerprint density at radius 3 is 1.91 bits per heavy atom. The highest BCUT2D eigenvalue weighted by atomic mass is 32.1. The predicted octanol–water partition coefficient (Wildman–Crippen LogP) is 6.37. The molecule has 10 heteroatoms. The van der Waals surface area contributed by atoms with Crippen LogP contribution in [0.3, 0.4) is 0 Å². The van der Waals surface area contributed by atoms with Gasteiger partial charge in [0.15, 0.2) is 10.3 Å². The number of aromatic nitrogens is 2. The lowest BCUT2D eigenvalue weighted by atomic mass is 9.91. The molecule has 4 aromatic rings. The van der Waals surface area contributed by atoms with Gasteiger partial charge >= 0.3 is 0 Å². The fourth-order valence-corrected chi connectivity index (χ4v) is 8.50. The number of anilines is 2. The monoisotopic (exact) mass is 668 g/mol. The third kappa shape index (κ3) is 7.26. The van der Waals surface area contributed by atoms with E-state index < -0.39 is 0 Å². The molecule has 0 aliphatic carbocycles. The molecule has 0 bridgehead atoms. The minimum absolute atomic E-state index is 0.135. The van der Waals surface area contributed by atoms with Gasteiger partial charge in [0.1, 0.15) is 23.2 Å². The largest absolute Gasteiger partial charge is 0.486 e. The van der Waals surface area contributed by atoms with E-state index in [9.17, 15) is 0 Å². The number of rotatable bonds is 4. The number of ether oxygens (including phenoxy) is 2. The Balaban J connectivity index is 0.000000150. The van der Waals surface area contributed by atoms with Crippen molar-refractivity contribution in [1.29, 1.82) is 0 Å². The quantitative estimate of drug-likeness (QED) is 0.259. The Morgan fingerprint density at radius 2 is 1.28 bits per heavy atom. The van der Waals surface area contributed by atoms with E-state index in [0.717, 1.165) is 76.5 Å². The number of hydrogen-bond donors (Lipinski definition) is 2. The van der Waals surface area contributed by atoms with Crippen LogP contribution in [0.1, 0.15) is 53.0 Å². The second-order valence-corrected chi connectivity index (χ2v) is 15.5. The first kappa shape index (κ1) is 31.9. The Labute approximate surface area is 285 Å². The van der Waals surface area contributed by atoms with Crippen molar-refractivity contribution in [2.24, 2.45) is 0 Å². The molecule has 47 heavy (non-hydrogen) atoms. The zero-order valence-corrected chi connectivity index (χ0v) is 29.1. The molecule has 1 unspecified atom stereocenters. The Morgan fingerprint density at radius 1 is 0.745 bits per heavy atom. The van der Waals surface area contributed by atoms with Crippen molar-refractivity contribution in [3.63, 3.8) is 0 Å². The maximum Gasteiger partial charge on any atom is 0.180 e. The second-order valence-electron chi connectivity index (χ2n) is 13.2. The number of nitrogens with two attached hydrogens (primary N) is 2. The van der Waals surface area contributed by atoms with Crippen molar-refractivity contribution in [2.75, 3.05) is 50.7 Å². The Kier molecular flexibility index (Phi) is 9.11. The van der Waals surface area contributed by atoms with Gasteiger partial charge in [-0.25, -0.2) is 9.97 Å². The first-order valence-corrected chi connectivity index (χ1v) is 18.2. The number of thiazole rings is 2. The first-order chi connectivity index (χ1) is 22.7. The maximum absolute atomic E-state index is 6.25. The van der Waals surface area contributed by atoms with Crippen LogP contribution in [0.25, 0.3) is 12.2 Å². The van der Waals surface area contributed by atoms with Gasteiger partial charge in [-0.15, -0.1) is 22.7 Å². The van der Waals surface area contributed by atoms with E-state index in [-0.39, 0.29) is 11.7 Å². The third-order valence-corrected chi connectivity index (χ3v) is 11.5. The lowest BCUT2D eigenvalue weighted by Crippen LogP contribution is -2.40. The smallest absolute Gasteiger partial charge is 0.180 e. The molecule has 0 amide bonds. The summed E-state index contributed by atoms with van der Waals surface area (Å²) in [5.41, 5.74) is 18.8. The number of para-hydroxylation sites is 2. The van der Waals surface area contributed by atoms with Crippen LogP contribution >= 0.6 is 22.7 Å². The third-order valence-electron chi connectivity index (χ3n) is 9.50. The number of benzene rings is 2. The molecule has 1 atom stereocenters. The average Bonchev–Trinajstić information content (AvgIpc) is 3.46. The first-order valence-electron chi connectivity index (χ1n) is 16.6. The van der Waals surface area contributed by atoms with Crippen LogP contribution in [0.2, 0.25) is 0 Å².